The van der Waals surface area contributed by atoms with Crippen molar-refractivity contribution in [2.45, 2.75) is 12.5 Å². The third-order valence-electron chi connectivity index (χ3n) is 5.69. The number of hydrogen-bond donors (Lipinski definition) is 0. The smallest absolute Gasteiger partial charge is 0.359 e. The number of ether oxygens (including phenoxy) is 1. The SMILES string of the molecule is Cn1nc(C(=O)OCC(=O)N2N=C(c3ccc(Cl)cc3)C[C@@H]2c2ccco2)c2ccccc2c1=O. The second-order valence-corrected chi connectivity index (χ2v) is 8.36. The van der Waals surface area contributed by atoms with Crippen LogP contribution in [0.15, 0.2) is 81.2 Å². The molecular weight excluding hydrogens is 472 g/mol. The molecule has 10 heteroatoms. The molecule has 9 nitrogen and oxygen atoms in total. The van der Waals surface area contributed by atoms with Crippen LogP contribution in [0.4, 0.5) is 0 Å². The average molecular weight is 491 g/mol. The van der Waals surface area contributed by atoms with E-state index in [1.165, 1.54) is 18.3 Å². The van der Waals surface area contributed by atoms with E-state index in [0.717, 1.165) is 10.2 Å². The van der Waals surface area contributed by atoms with Gasteiger partial charge in [-0.25, -0.2) is 14.5 Å². The monoisotopic (exact) mass is 490 g/mol. The maximum atomic E-state index is 13.1. The van der Waals surface area contributed by atoms with Crippen molar-refractivity contribution in [3.63, 3.8) is 0 Å². The molecule has 1 aliphatic rings. The van der Waals surface area contributed by atoms with Crippen molar-refractivity contribution in [1.29, 1.82) is 0 Å². The molecule has 0 radical (unpaired) electrons. The molecule has 1 atom stereocenters. The van der Waals surface area contributed by atoms with Crippen LogP contribution in [-0.4, -0.2) is 39.0 Å². The molecule has 0 fully saturated rings. The zero-order valence-corrected chi connectivity index (χ0v) is 19.3. The van der Waals surface area contributed by atoms with Gasteiger partial charge in [0.2, 0.25) is 0 Å². The highest BCUT2D eigenvalue weighted by Crippen LogP contribution is 2.33. The maximum Gasteiger partial charge on any atom is 0.359 e. The molecule has 2 aromatic carbocycles. The first-order chi connectivity index (χ1) is 16.9. The van der Waals surface area contributed by atoms with Gasteiger partial charge in [-0.1, -0.05) is 41.9 Å². The Kier molecular flexibility index (Phi) is 5.92. The lowest BCUT2D eigenvalue weighted by molar-refractivity contribution is -0.136. The molecule has 1 amide bonds. The lowest BCUT2D eigenvalue weighted by Gasteiger charge is -2.19. The van der Waals surface area contributed by atoms with Gasteiger partial charge >= 0.3 is 5.97 Å². The number of amides is 1. The van der Waals surface area contributed by atoms with Gasteiger partial charge in [0, 0.05) is 23.9 Å². The molecule has 1 aliphatic heterocycles. The number of aromatic nitrogens is 2. The van der Waals surface area contributed by atoms with Gasteiger partial charge in [0.15, 0.2) is 12.3 Å². The highest BCUT2D eigenvalue weighted by atomic mass is 35.5. The van der Waals surface area contributed by atoms with Gasteiger partial charge in [0.05, 0.1) is 17.4 Å². The summed E-state index contributed by atoms with van der Waals surface area (Å²) in [6, 6.07) is 16.7. The molecule has 4 aromatic rings. The second-order valence-electron chi connectivity index (χ2n) is 7.93. The van der Waals surface area contributed by atoms with E-state index >= 15 is 0 Å². The summed E-state index contributed by atoms with van der Waals surface area (Å²) >= 11 is 5.99. The predicted octanol–water partition coefficient (Wildman–Crippen LogP) is 3.71. The summed E-state index contributed by atoms with van der Waals surface area (Å²) in [7, 11) is 1.45. The molecule has 176 valence electrons. The minimum absolute atomic E-state index is 0.0511. The van der Waals surface area contributed by atoms with E-state index in [0.29, 0.717) is 33.7 Å². The fourth-order valence-electron chi connectivity index (χ4n) is 3.97. The van der Waals surface area contributed by atoms with E-state index < -0.39 is 24.5 Å². The van der Waals surface area contributed by atoms with Gasteiger partial charge in [0.25, 0.3) is 11.5 Å². The third kappa shape index (κ3) is 4.33. The number of carbonyl (C=O) groups is 2. The third-order valence-corrected chi connectivity index (χ3v) is 5.94. The van der Waals surface area contributed by atoms with E-state index in [1.54, 1.807) is 48.5 Å². The van der Waals surface area contributed by atoms with Crippen LogP contribution in [-0.2, 0) is 16.6 Å². The Morgan fingerprint density at radius 2 is 1.83 bits per heavy atom. The number of carbonyl (C=O) groups excluding carboxylic acids is 2. The largest absolute Gasteiger partial charge is 0.467 e. The van der Waals surface area contributed by atoms with Gasteiger partial charge in [0.1, 0.15) is 11.8 Å². The molecular formula is C25H19ClN4O5. The second kappa shape index (κ2) is 9.19. The summed E-state index contributed by atoms with van der Waals surface area (Å²) in [6.45, 7) is -0.563. The summed E-state index contributed by atoms with van der Waals surface area (Å²) in [5.41, 5.74) is 1.10. The Bertz CT molecular complexity index is 1510. The molecule has 35 heavy (non-hydrogen) atoms. The van der Waals surface area contributed by atoms with E-state index in [2.05, 4.69) is 10.2 Å². The van der Waals surface area contributed by atoms with E-state index in [9.17, 15) is 14.4 Å². The van der Waals surface area contributed by atoms with Gasteiger partial charge < -0.3 is 9.15 Å². The molecule has 0 bridgehead atoms. The Hall–Kier alpha value is -4.24. The fourth-order valence-corrected chi connectivity index (χ4v) is 4.10. The van der Waals surface area contributed by atoms with Crippen molar-refractivity contribution in [3.8, 4) is 0 Å². The molecule has 0 saturated carbocycles. The van der Waals surface area contributed by atoms with Gasteiger partial charge in [-0.05, 0) is 35.9 Å². The molecule has 5 rings (SSSR count). The topological polar surface area (TPSA) is 107 Å². The summed E-state index contributed by atoms with van der Waals surface area (Å²) < 4.78 is 11.9. The number of benzene rings is 2. The van der Waals surface area contributed by atoms with E-state index in [4.69, 9.17) is 20.8 Å². The van der Waals surface area contributed by atoms with Crippen molar-refractivity contribution in [2.75, 3.05) is 6.61 Å². The standard InChI is InChI=1S/C25H19ClN4O5/c1-29-24(32)18-6-3-2-5-17(18)23(28-29)25(33)35-14-22(31)30-20(21-7-4-12-34-21)13-19(27-30)15-8-10-16(26)11-9-15/h2-12,20H,13-14H2,1H3/t20-/m1/s1. The molecule has 0 N–H and O–H groups in total. The number of esters is 1. The van der Waals surface area contributed by atoms with Crippen molar-refractivity contribution < 1.29 is 18.7 Å². The quantitative estimate of drug-likeness (QED) is 0.395. The van der Waals surface area contributed by atoms with Crippen LogP contribution in [0.1, 0.15) is 34.3 Å². The molecule has 0 saturated heterocycles. The Morgan fingerprint density at radius 3 is 2.54 bits per heavy atom. The maximum absolute atomic E-state index is 13.1. The van der Waals surface area contributed by atoms with Gasteiger partial charge in [-0.3, -0.25) is 9.59 Å². The number of hydrazone groups is 1. The molecule has 0 unspecified atom stereocenters. The highest BCUT2D eigenvalue weighted by molar-refractivity contribution is 6.30. The van der Waals surface area contributed by atoms with Crippen molar-refractivity contribution in [1.82, 2.24) is 14.8 Å². The van der Waals surface area contributed by atoms with Crippen molar-refractivity contribution >= 4 is 40.0 Å². The zero-order chi connectivity index (χ0) is 24.5. The normalized spacial score (nSPS) is 15.3. The number of aryl methyl sites for hydroxylation is 1. The Labute approximate surface area is 204 Å². The van der Waals surface area contributed by atoms with Crippen LogP contribution in [0, 0.1) is 0 Å². The molecule has 0 spiro atoms. The first-order valence-corrected chi connectivity index (χ1v) is 11.1. The van der Waals surface area contributed by atoms with E-state index in [-0.39, 0.29) is 11.3 Å². The van der Waals surface area contributed by atoms with Crippen LogP contribution >= 0.6 is 11.6 Å². The fraction of sp³-hybridized carbons (Fsp3) is 0.160. The van der Waals surface area contributed by atoms with Crippen LogP contribution in [0.5, 0.6) is 0 Å². The van der Waals surface area contributed by atoms with Crippen molar-refractivity contribution in [2.24, 2.45) is 12.1 Å². The first kappa shape index (κ1) is 22.5. The van der Waals surface area contributed by atoms with Gasteiger partial charge in [-0.15, -0.1) is 0 Å². The molecule has 0 aliphatic carbocycles. The van der Waals surface area contributed by atoms with E-state index in [1.807, 2.05) is 12.1 Å². The van der Waals surface area contributed by atoms with Crippen molar-refractivity contribution in [3.05, 3.63) is 99.3 Å². The summed E-state index contributed by atoms with van der Waals surface area (Å²) in [6.07, 6.45) is 1.94. The minimum atomic E-state index is -0.819. The number of halogens is 1. The van der Waals surface area contributed by atoms with Gasteiger partial charge in [-0.2, -0.15) is 10.2 Å². The predicted molar refractivity (Wildman–Crippen MR) is 128 cm³/mol. The van der Waals surface area contributed by atoms with Crippen LogP contribution in [0.25, 0.3) is 10.8 Å². The minimum Gasteiger partial charge on any atom is -0.467 e. The molecule has 3 heterocycles. The van der Waals surface area contributed by atoms with Crippen LogP contribution in [0.3, 0.4) is 0 Å². The summed E-state index contributed by atoms with van der Waals surface area (Å²) in [5.74, 6) is -0.790. The first-order valence-electron chi connectivity index (χ1n) is 10.7. The Balaban J connectivity index is 1.38. The van der Waals surface area contributed by atoms with Crippen LogP contribution in [0.2, 0.25) is 5.02 Å². The number of furan rings is 1. The van der Waals surface area contributed by atoms with Crippen LogP contribution < -0.4 is 5.56 Å². The average Bonchev–Trinajstić information content (AvgIpc) is 3.55. The lowest BCUT2D eigenvalue weighted by Crippen LogP contribution is -2.31. The zero-order valence-electron chi connectivity index (χ0n) is 18.6. The number of nitrogens with zero attached hydrogens (tertiary/aromatic N) is 4. The summed E-state index contributed by atoms with van der Waals surface area (Å²) in [4.78, 5) is 38.3. The number of hydrogen-bond acceptors (Lipinski definition) is 7. The lowest BCUT2D eigenvalue weighted by atomic mass is 10.0. The number of rotatable bonds is 5. The molecule has 2 aromatic heterocycles. The Morgan fingerprint density at radius 1 is 1.09 bits per heavy atom. The number of fused-ring (bicyclic) bond motifs is 1. The highest BCUT2D eigenvalue weighted by Gasteiger charge is 2.35. The summed E-state index contributed by atoms with van der Waals surface area (Å²) in [5, 5.41) is 11.1.